The number of hydrogen-bond acceptors (Lipinski definition) is 1. The number of allylic oxidation sites excluding steroid dienone is 2. The highest BCUT2D eigenvalue weighted by Crippen LogP contribution is 2.28. The maximum atomic E-state index is 4.82. The third-order valence-electron chi connectivity index (χ3n) is 3.77. The van der Waals surface area contributed by atoms with Crippen LogP contribution in [0.3, 0.4) is 0 Å². The molecule has 0 bridgehead atoms. The van der Waals surface area contributed by atoms with Crippen LogP contribution in [0, 0.1) is 0 Å². The molecule has 0 saturated carbocycles. The molecule has 0 aliphatic carbocycles. The van der Waals surface area contributed by atoms with E-state index in [9.17, 15) is 0 Å². The third-order valence-corrected chi connectivity index (χ3v) is 3.77. The molecule has 0 radical (unpaired) electrons. The van der Waals surface area contributed by atoms with Crippen molar-refractivity contribution in [2.24, 2.45) is 4.99 Å². The van der Waals surface area contributed by atoms with Crippen molar-refractivity contribution in [1.29, 1.82) is 0 Å². The fraction of sp³-hybridized carbons (Fsp3) is 0.500. The lowest BCUT2D eigenvalue weighted by Crippen LogP contribution is -2.11. The Hall–Kier alpha value is -1.37. The van der Waals surface area contributed by atoms with Gasteiger partial charge in [0, 0.05) is 12.1 Å². The molecule has 0 saturated heterocycles. The molecule has 1 nitrogen and oxygen atoms in total. The van der Waals surface area contributed by atoms with Crippen LogP contribution >= 0.6 is 0 Å². The van der Waals surface area contributed by atoms with Crippen molar-refractivity contribution in [2.75, 3.05) is 0 Å². The molecule has 1 aliphatic heterocycles. The molecule has 102 valence electrons. The van der Waals surface area contributed by atoms with E-state index in [1.54, 1.807) is 0 Å². The van der Waals surface area contributed by atoms with Crippen LogP contribution in [0.1, 0.15) is 65.0 Å². The van der Waals surface area contributed by atoms with Crippen LogP contribution in [0.15, 0.2) is 40.5 Å². The highest BCUT2D eigenvalue weighted by Gasteiger charge is 2.17. The lowest BCUT2D eigenvalue weighted by molar-refractivity contribution is 0.590. The van der Waals surface area contributed by atoms with Crippen molar-refractivity contribution < 1.29 is 0 Å². The normalized spacial score (nSPS) is 15.9. The van der Waals surface area contributed by atoms with Crippen LogP contribution in [-0.2, 0) is 5.41 Å². The van der Waals surface area contributed by atoms with Gasteiger partial charge in [0.25, 0.3) is 0 Å². The smallest absolute Gasteiger partial charge is 0.0520 e. The minimum absolute atomic E-state index is 0.220. The highest BCUT2D eigenvalue weighted by atomic mass is 14.8. The van der Waals surface area contributed by atoms with E-state index in [4.69, 9.17) is 4.99 Å². The molecule has 0 N–H and O–H groups in total. The number of nitrogens with zero attached hydrogens (tertiary/aromatic N) is 1. The fourth-order valence-electron chi connectivity index (χ4n) is 2.49. The van der Waals surface area contributed by atoms with Crippen LogP contribution in [-0.4, -0.2) is 5.71 Å². The average molecular weight is 255 g/mol. The van der Waals surface area contributed by atoms with Crippen molar-refractivity contribution in [3.8, 4) is 0 Å². The molecule has 1 heterocycles. The Morgan fingerprint density at radius 2 is 1.74 bits per heavy atom. The van der Waals surface area contributed by atoms with Gasteiger partial charge in [0.2, 0.25) is 0 Å². The van der Waals surface area contributed by atoms with E-state index in [0.717, 1.165) is 12.8 Å². The van der Waals surface area contributed by atoms with Gasteiger partial charge in [-0.1, -0.05) is 58.4 Å². The second-order valence-electron chi connectivity index (χ2n) is 6.54. The molecule has 0 unspecified atom stereocenters. The van der Waals surface area contributed by atoms with E-state index >= 15 is 0 Å². The van der Waals surface area contributed by atoms with Crippen LogP contribution in [0.25, 0.3) is 0 Å². The highest BCUT2D eigenvalue weighted by molar-refractivity contribution is 6.04. The summed E-state index contributed by atoms with van der Waals surface area (Å²) in [6, 6.07) is 8.93. The first-order valence-electron chi connectivity index (χ1n) is 7.29. The summed E-state index contributed by atoms with van der Waals surface area (Å²) in [5.74, 6) is 0. The van der Waals surface area contributed by atoms with Crippen LogP contribution in [0.5, 0.6) is 0 Å². The third kappa shape index (κ3) is 3.15. The molecule has 0 fully saturated rings. The van der Waals surface area contributed by atoms with E-state index < -0.39 is 0 Å². The van der Waals surface area contributed by atoms with Crippen LogP contribution < -0.4 is 0 Å². The van der Waals surface area contributed by atoms with E-state index in [0.29, 0.717) is 0 Å². The first-order chi connectivity index (χ1) is 8.91. The summed E-state index contributed by atoms with van der Waals surface area (Å²) in [6.45, 7) is 11.2. The van der Waals surface area contributed by atoms with Gasteiger partial charge in [0.05, 0.1) is 5.71 Å². The minimum atomic E-state index is 0.220. The van der Waals surface area contributed by atoms with Crippen LogP contribution in [0.4, 0.5) is 0 Å². The van der Waals surface area contributed by atoms with Gasteiger partial charge in [-0.25, -0.2) is 0 Å². The van der Waals surface area contributed by atoms with Gasteiger partial charge in [-0.15, -0.1) is 0 Å². The Morgan fingerprint density at radius 1 is 1.11 bits per heavy atom. The zero-order valence-electron chi connectivity index (χ0n) is 12.9. The molecular weight excluding hydrogens is 230 g/mol. The topological polar surface area (TPSA) is 12.4 Å². The summed E-state index contributed by atoms with van der Waals surface area (Å²) in [5, 5.41) is 0. The van der Waals surface area contributed by atoms with Gasteiger partial charge in [-0.3, -0.25) is 4.99 Å². The van der Waals surface area contributed by atoms with Gasteiger partial charge in [0.15, 0.2) is 0 Å². The first-order valence-corrected chi connectivity index (χ1v) is 7.29. The Kier molecular flexibility index (Phi) is 3.93. The minimum Gasteiger partial charge on any atom is -0.257 e. The Labute approximate surface area is 117 Å². The van der Waals surface area contributed by atoms with Crippen molar-refractivity contribution in [1.82, 2.24) is 0 Å². The molecular formula is C18H25N. The molecule has 1 aliphatic rings. The molecule has 0 atom stereocenters. The number of aliphatic imine (C=N–C) groups is 1. The molecule has 0 spiro atoms. The lowest BCUT2D eigenvalue weighted by atomic mass is 9.86. The van der Waals surface area contributed by atoms with E-state index in [2.05, 4.69) is 58.9 Å². The number of benzene rings is 1. The summed E-state index contributed by atoms with van der Waals surface area (Å²) in [5.41, 5.74) is 6.86. The standard InChI is InChI=1S/C18H25N/c1-6-7-16-13(2)12-17(19-16)14-8-10-15(11-9-14)18(3,4)5/h8-11H,6-7,12H2,1-5H3. The first kappa shape index (κ1) is 14.0. The van der Waals surface area contributed by atoms with Gasteiger partial charge in [-0.2, -0.15) is 0 Å². The lowest BCUT2D eigenvalue weighted by Gasteiger charge is -2.19. The fourth-order valence-corrected chi connectivity index (χ4v) is 2.49. The van der Waals surface area contributed by atoms with Crippen molar-refractivity contribution in [3.63, 3.8) is 0 Å². The average Bonchev–Trinajstić information content (AvgIpc) is 2.71. The second kappa shape index (κ2) is 5.32. The van der Waals surface area contributed by atoms with Gasteiger partial charge >= 0.3 is 0 Å². The summed E-state index contributed by atoms with van der Waals surface area (Å²) in [4.78, 5) is 4.82. The largest absolute Gasteiger partial charge is 0.257 e. The summed E-state index contributed by atoms with van der Waals surface area (Å²) < 4.78 is 0. The predicted molar refractivity (Wildman–Crippen MR) is 83.9 cm³/mol. The summed E-state index contributed by atoms with van der Waals surface area (Å²) in [6.07, 6.45) is 3.30. The number of rotatable bonds is 3. The SMILES string of the molecule is CCCC1=C(C)CC(c2ccc(C(C)(C)C)cc2)=N1. The van der Waals surface area contributed by atoms with Crippen molar-refractivity contribution in [2.45, 2.75) is 59.3 Å². The van der Waals surface area contributed by atoms with Crippen molar-refractivity contribution in [3.05, 3.63) is 46.7 Å². The quantitative estimate of drug-likeness (QED) is 0.699. The maximum absolute atomic E-state index is 4.82. The van der Waals surface area contributed by atoms with Gasteiger partial charge in [-0.05, 0) is 35.5 Å². The van der Waals surface area contributed by atoms with Gasteiger partial charge < -0.3 is 0 Å². The molecule has 2 rings (SSSR count). The molecule has 19 heavy (non-hydrogen) atoms. The summed E-state index contributed by atoms with van der Waals surface area (Å²) in [7, 11) is 0. The molecule has 1 aromatic carbocycles. The van der Waals surface area contributed by atoms with E-state index in [1.165, 1.54) is 34.5 Å². The second-order valence-corrected chi connectivity index (χ2v) is 6.54. The summed E-state index contributed by atoms with van der Waals surface area (Å²) >= 11 is 0. The van der Waals surface area contributed by atoms with Crippen LogP contribution in [0.2, 0.25) is 0 Å². The molecule has 1 aromatic rings. The predicted octanol–water partition coefficient (Wildman–Crippen LogP) is 5.25. The zero-order valence-corrected chi connectivity index (χ0v) is 12.9. The maximum Gasteiger partial charge on any atom is 0.0520 e. The Bertz CT molecular complexity index is 510. The number of hydrogen-bond donors (Lipinski definition) is 0. The van der Waals surface area contributed by atoms with E-state index in [-0.39, 0.29) is 5.41 Å². The monoisotopic (exact) mass is 255 g/mol. The molecule has 1 heteroatoms. The molecule has 0 amide bonds. The van der Waals surface area contributed by atoms with Gasteiger partial charge in [0.1, 0.15) is 0 Å². The van der Waals surface area contributed by atoms with E-state index in [1.807, 2.05) is 0 Å². The molecule has 0 aromatic heterocycles. The van der Waals surface area contributed by atoms with Crippen molar-refractivity contribution >= 4 is 5.71 Å². The Morgan fingerprint density at radius 3 is 2.26 bits per heavy atom. The zero-order chi connectivity index (χ0) is 14.0. The Balaban J connectivity index is 2.19.